The number of nitrogens with one attached hydrogen (secondary N) is 1. The van der Waals surface area contributed by atoms with Crippen molar-refractivity contribution in [1.29, 1.82) is 0 Å². The minimum atomic E-state index is -0.719. The highest BCUT2D eigenvalue weighted by molar-refractivity contribution is 5.84. The standard InChI is InChI=1S/C27H45NO5.H3N/c1-15(5-8-24(32)33)18-6-7-19-25-20(9-10-26(18,19)2)27(3)16(12-22(25)30)11-17(29)13-21(27)23(31)14-28-4;/h15-22,25,28-30H,5-14H2,1-4H3,(H,32,33);1H3/t15-,16?,17-,18-,19?,20?,21?,22+,25?,26-,27+;/m1./s1. The first-order valence-electron chi connectivity index (χ1n) is 13.3. The summed E-state index contributed by atoms with van der Waals surface area (Å²) in [4.78, 5) is 24.4. The molecule has 7 nitrogen and oxygen atoms in total. The van der Waals surface area contributed by atoms with Crippen molar-refractivity contribution in [1.82, 2.24) is 11.5 Å². The van der Waals surface area contributed by atoms with Crippen LogP contribution >= 0.6 is 0 Å². The number of hydrogen-bond acceptors (Lipinski definition) is 6. The van der Waals surface area contributed by atoms with Gasteiger partial charge in [0.1, 0.15) is 5.78 Å². The number of ketones is 1. The van der Waals surface area contributed by atoms with Crippen molar-refractivity contribution in [2.75, 3.05) is 13.6 Å². The molecule has 0 aromatic heterocycles. The molecule has 7 heteroatoms. The SMILES string of the molecule is CNCC(=O)C1C[C@H](O)CC2C[C@H](O)C3C(CC[C@@]4(C)C3CC[C@@H]4[C@H](C)CCC(=O)O)[C@]21C.N. The van der Waals surface area contributed by atoms with Crippen LogP contribution in [0, 0.1) is 52.3 Å². The fourth-order valence-corrected chi connectivity index (χ4v) is 9.61. The average molecular weight is 481 g/mol. The van der Waals surface area contributed by atoms with Crippen LogP contribution < -0.4 is 11.5 Å². The molecular weight excluding hydrogens is 432 g/mol. The zero-order chi connectivity index (χ0) is 24.1. The number of aliphatic carboxylic acids is 1. The molecule has 4 fully saturated rings. The van der Waals surface area contributed by atoms with Crippen LogP contribution in [0.15, 0.2) is 0 Å². The molecule has 0 aliphatic heterocycles. The van der Waals surface area contributed by atoms with E-state index in [4.69, 9.17) is 0 Å². The van der Waals surface area contributed by atoms with Gasteiger partial charge in [-0.3, -0.25) is 9.59 Å². The Hall–Kier alpha value is -1.02. The Morgan fingerprint density at radius 1 is 1.06 bits per heavy atom. The summed E-state index contributed by atoms with van der Waals surface area (Å²) in [7, 11) is 1.81. The second-order valence-corrected chi connectivity index (χ2v) is 12.5. The van der Waals surface area contributed by atoms with Crippen molar-refractivity contribution >= 4 is 11.8 Å². The number of carboxylic acids is 1. The molecule has 4 saturated carbocycles. The molecule has 196 valence electrons. The Labute approximate surface area is 205 Å². The maximum atomic E-state index is 13.2. The third-order valence-corrected chi connectivity index (χ3v) is 11.1. The Balaban J connectivity index is 0.00000324. The summed E-state index contributed by atoms with van der Waals surface area (Å²) in [5, 5.41) is 34.3. The van der Waals surface area contributed by atoms with E-state index in [1.54, 1.807) is 7.05 Å². The smallest absolute Gasteiger partial charge is 0.303 e. The number of carboxylic acid groups (broad SMARTS) is 1. The van der Waals surface area contributed by atoms with Crippen molar-refractivity contribution < 1.29 is 24.9 Å². The fourth-order valence-electron chi connectivity index (χ4n) is 9.61. The topological polar surface area (TPSA) is 142 Å². The normalized spacial score (nSPS) is 46.4. The van der Waals surface area contributed by atoms with Crippen molar-refractivity contribution in [2.24, 2.45) is 52.3 Å². The predicted octanol–water partition coefficient (Wildman–Crippen LogP) is 3.65. The van der Waals surface area contributed by atoms with E-state index in [0.717, 1.165) is 32.1 Å². The van der Waals surface area contributed by atoms with Gasteiger partial charge in [0.25, 0.3) is 0 Å². The number of Topliss-reactive ketones (excluding diaryl/α,β-unsaturated/α-hetero) is 1. The number of likely N-dealkylation sites (N-methyl/N-ethyl adjacent to an activating group) is 1. The summed E-state index contributed by atoms with van der Waals surface area (Å²) in [6.07, 6.45) is 6.34. The molecule has 7 N–H and O–H groups in total. The van der Waals surface area contributed by atoms with E-state index in [2.05, 4.69) is 26.1 Å². The van der Waals surface area contributed by atoms with Crippen LogP contribution in [0.4, 0.5) is 0 Å². The van der Waals surface area contributed by atoms with Gasteiger partial charge in [0.2, 0.25) is 0 Å². The molecule has 5 unspecified atom stereocenters. The van der Waals surface area contributed by atoms with Crippen LogP contribution in [-0.4, -0.2) is 52.9 Å². The van der Waals surface area contributed by atoms with E-state index in [-0.39, 0.29) is 53.0 Å². The van der Waals surface area contributed by atoms with E-state index >= 15 is 0 Å². The van der Waals surface area contributed by atoms with Crippen molar-refractivity contribution in [3.63, 3.8) is 0 Å². The summed E-state index contributed by atoms with van der Waals surface area (Å²) in [5.41, 5.74) is -0.0483. The van der Waals surface area contributed by atoms with Gasteiger partial charge < -0.3 is 26.8 Å². The quantitative estimate of drug-likeness (QED) is 0.374. The number of aliphatic hydroxyl groups excluding tert-OH is 2. The van der Waals surface area contributed by atoms with Crippen LogP contribution in [0.3, 0.4) is 0 Å². The summed E-state index contributed by atoms with van der Waals surface area (Å²) < 4.78 is 0. The first-order valence-corrected chi connectivity index (χ1v) is 13.3. The van der Waals surface area contributed by atoms with Crippen LogP contribution in [0.5, 0.6) is 0 Å². The van der Waals surface area contributed by atoms with Crippen molar-refractivity contribution in [3.05, 3.63) is 0 Å². The van der Waals surface area contributed by atoms with Crippen LogP contribution in [0.1, 0.15) is 78.6 Å². The van der Waals surface area contributed by atoms with Gasteiger partial charge in [0.05, 0.1) is 18.8 Å². The van der Waals surface area contributed by atoms with E-state index < -0.39 is 12.1 Å². The monoisotopic (exact) mass is 480 g/mol. The minimum Gasteiger partial charge on any atom is -0.481 e. The Morgan fingerprint density at radius 3 is 2.41 bits per heavy atom. The number of carbonyl (C=O) groups is 2. The molecule has 0 spiro atoms. The van der Waals surface area contributed by atoms with Gasteiger partial charge >= 0.3 is 5.97 Å². The number of hydrogen-bond donors (Lipinski definition) is 5. The zero-order valence-corrected chi connectivity index (χ0v) is 21.6. The van der Waals surface area contributed by atoms with Gasteiger partial charge in [0.15, 0.2) is 0 Å². The molecule has 0 radical (unpaired) electrons. The Morgan fingerprint density at radius 2 is 1.76 bits per heavy atom. The second-order valence-electron chi connectivity index (χ2n) is 12.5. The lowest BCUT2D eigenvalue weighted by Crippen LogP contribution is -2.62. The van der Waals surface area contributed by atoms with Crippen LogP contribution in [0.2, 0.25) is 0 Å². The van der Waals surface area contributed by atoms with Gasteiger partial charge in [-0.05, 0) is 105 Å². The maximum Gasteiger partial charge on any atom is 0.303 e. The molecule has 0 aromatic rings. The molecule has 4 rings (SSSR count). The van der Waals surface area contributed by atoms with Gasteiger partial charge in [-0.25, -0.2) is 0 Å². The molecule has 0 saturated heterocycles. The highest BCUT2D eigenvalue weighted by Gasteiger charge is 2.65. The zero-order valence-electron chi connectivity index (χ0n) is 21.6. The summed E-state index contributed by atoms with van der Waals surface area (Å²) in [6, 6.07) is 0. The number of aliphatic hydroxyl groups is 2. The Kier molecular flexibility index (Phi) is 8.23. The van der Waals surface area contributed by atoms with Gasteiger partial charge in [-0.1, -0.05) is 20.8 Å². The Bertz CT molecular complexity index is 761. The third-order valence-electron chi connectivity index (χ3n) is 11.1. The molecule has 4 aliphatic rings. The average Bonchev–Trinajstić information content (AvgIpc) is 3.10. The third kappa shape index (κ3) is 4.35. The van der Waals surface area contributed by atoms with E-state index in [1.807, 2.05) is 0 Å². The number of rotatable bonds is 7. The van der Waals surface area contributed by atoms with Crippen LogP contribution in [-0.2, 0) is 9.59 Å². The van der Waals surface area contributed by atoms with E-state index in [1.165, 1.54) is 0 Å². The number of carbonyl (C=O) groups excluding carboxylic acids is 1. The summed E-state index contributed by atoms with van der Waals surface area (Å²) in [5.74, 6) is 1.30. The minimum absolute atomic E-state index is 0. The molecule has 0 bridgehead atoms. The molecule has 34 heavy (non-hydrogen) atoms. The second kappa shape index (κ2) is 10.2. The van der Waals surface area contributed by atoms with E-state index in [9.17, 15) is 24.9 Å². The summed E-state index contributed by atoms with van der Waals surface area (Å²) in [6.45, 7) is 7.26. The van der Waals surface area contributed by atoms with Crippen molar-refractivity contribution in [3.8, 4) is 0 Å². The van der Waals surface area contributed by atoms with Gasteiger partial charge in [-0.15, -0.1) is 0 Å². The first-order chi connectivity index (χ1) is 15.5. The highest BCUT2D eigenvalue weighted by atomic mass is 16.4. The lowest BCUT2D eigenvalue weighted by atomic mass is 9.41. The lowest BCUT2D eigenvalue weighted by Gasteiger charge is -2.64. The maximum absolute atomic E-state index is 13.2. The van der Waals surface area contributed by atoms with Crippen molar-refractivity contribution in [2.45, 2.75) is 90.8 Å². The molecular formula is C27H48N2O5. The number of fused-ring (bicyclic) bond motifs is 5. The van der Waals surface area contributed by atoms with Crippen LogP contribution in [0.25, 0.3) is 0 Å². The molecule has 0 heterocycles. The molecule has 0 amide bonds. The van der Waals surface area contributed by atoms with E-state index in [0.29, 0.717) is 49.5 Å². The molecule has 0 aromatic carbocycles. The van der Waals surface area contributed by atoms with Gasteiger partial charge in [-0.2, -0.15) is 0 Å². The van der Waals surface area contributed by atoms with Gasteiger partial charge in [0, 0.05) is 12.3 Å². The lowest BCUT2D eigenvalue weighted by molar-refractivity contribution is -0.196. The molecule has 4 aliphatic carbocycles. The predicted molar refractivity (Wildman–Crippen MR) is 131 cm³/mol. The first kappa shape index (κ1) is 27.6. The highest BCUT2D eigenvalue weighted by Crippen LogP contribution is 2.69. The largest absolute Gasteiger partial charge is 0.481 e. The fraction of sp³-hybridized carbons (Fsp3) is 0.926. The molecule has 11 atom stereocenters. The summed E-state index contributed by atoms with van der Waals surface area (Å²) >= 11 is 0.